The van der Waals surface area contributed by atoms with Crippen molar-refractivity contribution in [3.05, 3.63) is 33.9 Å². The highest BCUT2D eigenvalue weighted by Gasteiger charge is 2.09. The number of rotatable bonds is 3. The topological polar surface area (TPSA) is 52.4 Å². The number of benzene rings is 1. The molecule has 0 aromatic heterocycles. The molecule has 0 atom stereocenters. The highest BCUT2D eigenvalue weighted by Crippen LogP contribution is 2.23. The van der Waals surface area contributed by atoms with E-state index in [9.17, 15) is 10.1 Å². The Morgan fingerprint density at radius 2 is 2.23 bits per heavy atom. The maximum atomic E-state index is 10.4. The molecule has 0 saturated heterocycles. The number of methoxy groups -OCH3 is 1. The van der Waals surface area contributed by atoms with Crippen molar-refractivity contribution in [2.75, 3.05) is 7.11 Å². The molecular formula is C9H11NO3. The van der Waals surface area contributed by atoms with Gasteiger partial charge < -0.3 is 4.74 Å². The second kappa shape index (κ2) is 3.89. The summed E-state index contributed by atoms with van der Waals surface area (Å²) in [6, 6.07) is 4.60. The van der Waals surface area contributed by atoms with Crippen molar-refractivity contribution in [1.29, 1.82) is 0 Å². The third-order valence-electron chi connectivity index (χ3n) is 1.86. The third-order valence-corrected chi connectivity index (χ3v) is 1.86. The van der Waals surface area contributed by atoms with Crippen LogP contribution in [0.4, 0.5) is 5.69 Å². The number of nitrogens with zero attached hydrogens (tertiary/aromatic N) is 1. The summed E-state index contributed by atoms with van der Waals surface area (Å²) in [6.45, 7) is 1.93. The van der Waals surface area contributed by atoms with Crippen molar-refractivity contribution in [1.82, 2.24) is 0 Å². The predicted octanol–water partition coefficient (Wildman–Crippen LogP) is 2.17. The molecule has 0 saturated carbocycles. The molecule has 0 unspecified atom stereocenters. The summed E-state index contributed by atoms with van der Waals surface area (Å²) in [7, 11) is 1.56. The van der Waals surface area contributed by atoms with E-state index in [1.807, 2.05) is 6.92 Å². The number of non-ortho nitro benzene ring substituents is 1. The average molecular weight is 181 g/mol. The summed E-state index contributed by atoms with van der Waals surface area (Å²) >= 11 is 0. The van der Waals surface area contributed by atoms with Gasteiger partial charge in [-0.1, -0.05) is 6.92 Å². The first-order chi connectivity index (χ1) is 6.19. The average Bonchev–Trinajstić information content (AvgIpc) is 2.16. The van der Waals surface area contributed by atoms with Crippen molar-refractivity contribution in [2.45, 2.75) is 13.3 Å². The number of aryl methyl sites for hydroxylation is 1. The van der Waals surface area contributed by atoms with Crippen LogP contribution in [-0.2, 0) is 6.42 Å². The smallest absolute Gasteiger partial charge is 0.269 e. The summed E-state index contributed by atoms with van der Waals surface area (Å²) < 4.78 is 5.05. The van der Waals surface area contributed by atoms with Crippen LogP contribution in [0.2, 0.25) is 0 Å². The minimum atomic E-state index is -0.404. The first-order valence-corrected chi connectivity index (χ1v) is 4.00. The zero-order valence-corrected chi connectivity index (χ0v) is 7.61. The SMILES string of the molecule is CCc1cc([N+](=O)[O-])ccc1OC. The summed E-state index contributed by atoms with van der Waals surface area (Å²) in [5.74, 6) is 0.702. The van der Waals surface area contributed by atoms with E-state index in [1.54, 1.807) is 19.2 Å². The van der Waals surface area contributed by atoms with Gasteiger partial charge in [-0.2, -0.15) is 0 Å². The zero-order valence-electron chi connectivity index (χ0n) is 7.61. The maximum Gasteiger partial charge on any atom is 0.269 e. The van der Waals surface area contributed by atoms with Crippen molar-refractivity contribution < 1.29 is 9.66 Å². The molecule has 1 aromatic carbocycles. The minimum Gasteiger partial charge on any atom is -0.496 e. The van der Waals surface area contributed by atoms with Gasteiger partial charge in [0.2, 0.25) is 0 Å². The molecule has 0 aliphatic rings. The quantitative estimate of drug-likeness (QED) is 0.530. The Bertz CT molecular complexity index is 323. The van der Waals surface area contributed by atoms with Crippen molar-refractivity contribution in [2.24, 2.45) is 0 Å². The van der Waals surface area contributed by atoms with Gasteiger partial charge in [0.05, 0.1) is 12.0 Å². The van der Waals surface area contributed by atoms with E-state index in [4.69, 9.17) is 4.74 Å². The lowest BCUT2D eigenvalue weighted by molar-refractivity contribution is -0.384. The van der Waals surface area contributed by atoms with Gasteiger partial charge in [-0.15, -0.1) is 0 Å². The number of nitro groups is 1. The van der Waals surface area contributed by atoms with Crippen LogP contribution in [0.25, 0.3) is 0 Å². The molecule has 4 nitrogen and oxygen atoms in total. The predicted molar refractivity (Wildman–Crippen MR) is 49.0 cm³/mol. The van der Waals surface area contributed by atoms with Gasteiger partial charge in [-0.25, -0.2) is 0 Å². The first-order valence-electron chi connectivity index (χ1n) is 4.00. The van der Waals surface area contributed by atoms with Crippen LogP contribution in [0, 0.1) is 10.1 Å². The van der Waals surface area contributed by atoms with Gasteiger partial charge in [0.15, 0.2) is 0 Å². The Morgan fingerprint density at radius 3 is 2.69 bits per heavy atom. The normalized spacial score (nSPS) is 9.69. The standard InChI is InChI=1S/C9H11NO3/c1-3-7-6-8(10(11)12)4-5-9(7)13-2/h4-6H,3H2,1-2H3. The fourth-order valence-corrected chi connectivity index (χ4v) is 1.15. The van der Waals surface area contributed by atoms with Crippen LogP contribution >= 0.6 is 0 Å². The molecule has 70 valence electrons. The Morgan fingerprint density at radius 1 is 1.54 bits per heavy atom. The Kier molecular flexibility index (Phi) is 2.84. The number of hydrogen-bond donors (Lipinski definition) is 0. The lowest BCUT2D eigenvalue weighted by Gasteiger charge is -2.04. The highest BCUT2D eigenvalue weighted by molar-refractivity contribution is 5.43. The van der Waals surface area contributed by atoms with Crippen LogP contribution in [0.15, 0.2) is 18.2 Å². The molecule has 0 aliphatic heterocycles. The summed E-state index contributed by atoms with van der Waals surface area (Å²) in [4.78, 5) is 10.0. The molecule has 0 heterocycles. The molecule has 4 heteroatoms. The Labute approximate surface area is 76.3 Å². The van der Waals surface area contributed by atoms with Crippen molar-refractivity contribution in [3.63, 3.8) is 0 Å². The highest BCUT2D eigenvalue weighted by atomic mass is 16.6. The van der Waals surface area contributed by atoms with E-state index < -0.39 is 4.92 Å². The molecule has 0 aliphatic carbocycles. The lowest BCUT2D eigenvalue weighted by Crippen LogP contribution is -1.93. The van der Waals surface area contributed by atoms with Crippen LogP contribution in [0.3, 0.4) is 0 Å². The monoisotopic (exact) mass is 181 g/mol. The largest absolute Gasteiger partial charge is 0.496 e. The van der Waals surface area contributed by atoms with Gasteiger partial charge in [0.1, 0.15) is 5.75 Å². The fraction of sp³-hybridized carbons (Fsp3) is 0.333. The Balaban J connectivity index is 3.13. The van der Waals surface area contributed by atoms with E-state index >= 15 is 0 Å². The van der Waals surface area contributed by atoms with Crippen LogP contribution in [0.5, 0.6) is 5.75 Å². The number of hydrogen-bond acceptors (Lipinski definition) is 3. The summed E-state index contributed by atoms with van der Waals surface area (Å²) in [6.07, 6.45) is 0.727. The molecule has 0 bridgehead atoms. The maximum absolute atomic E-state index is 10.4. The molecule has 1 rings (SSSR count). The van der Waals surface area contributed by atoms with Crippen molar-refractivity contribution in [3.8, 4) is 5.75 Å². The molecule has 0 radical (unpaired) electrons. The second-order valence-electron chi connectivity index (χ2n) is 2.61. The molecular weight excluding hydrogens is 170 g/mol. The van der Waals surface area contributed by atoms with E-state index in [0.717, 1.165) is 12.0 Å². The molecule has 0 N–H and O–H groups in total. The van der Waals surface area contributed by atoms with Gasteiger partial charge >= 0.3 is 0 Å². The second-order valence-corrected chi connectivity index (χ2v) is 2.61. The van der Waals surface area contributed by atoms with Crippen molar-refractivity contribution >= 4 is 5.69 Å². The van der Waals surface area contributed by atoms with Gasteiger partial charge in [-0.3, -0.25) is 10.1 Å². The number of ether oxygens (including phenoxy) is 1. The molecule has 0 fully saturated rings. The van der Waals surface area contributed by atoms with E-state index in [2.05, 4.69) is 0 Å². The summed E-state index contributed by atoms with van der Waals surface area (Å²) in [5.41, 5.74) is 0.967. The minimum absolute atomic E-state index is 0.109. The van der Waals surface area contributed by atoms with Gasteiger partial charge in [-0.05, 0) is 12.5 Å². The van der Waals surface area contributed by atoms with Crippen LogP contribution in [-0.4, -0.2) is 12.0 Å². The van der Waals surface area contributed by atoms with E-state index in [-0.39, 0.29) is 5.69 Å². The van der Waals surface area contributed by atoms with Gasteiger partial charge in [0.25, 0.3) is 5.69 Å². The molecule has 0 spiro atoms. The third kappa shape index (κ3) is 1.96. The first kappa shape index (κ1) is 9.51. The lowest BCUT2D eigenvalue weighted by atomic mass is 10.1. The summed E-state index contributed by atoms with van der Waals surface area (Å²) in [5, 5.41) is 10.4. The van der Waals surface area contributed by atoms with E-state index in [0.29, 0.717) is 5.75 Å². The van der Waals surface area contributed by atoms with E-state index in [1.165, 1.54) is 6.07 Å². The number of nitro benzene ring substituents is 1. The van der Waals surface area contributed by atoms with Crippen LogP contribution in [0.1, 0.15) is 12.5 Å². The zero-order chi connectivity index (χ0) is 9.84. The molecule has 0 amide bonds. The molecule has 13 heavy (non-hydrogen) atoms. The van der Waals surface area contributed by atoms with Gasteiger partial charge in [0, 0.05) is 17.7 Å². The fourth-order valence-electron chi connectivity index (χ4n) is 1.15. The molecule has 1 aromatic rings. The van der Waals surface area contributed by atoms with Crippen LogP contribution < -0.4 is 4.74 Å². The Hall–Kier alpha value is -1.58.